The molecule has 0 radical (unpaired) electrons. The number of hydrogen-bond donors (Lipinski definition) is 2. The van der Waals surface area contributed by atoms with E-state index in [0.29, 0.717) is 17.8 Å². The molecule has 1 aromatic carbocycles. The molecule has 0 aliphatic rings. The Morgan fingerprint density at radius 3 is 2.58 bits per heavy atom. The summed E-state index contributed by atoms with van der Waals surface area (Å²) in [7, 11) is 0. The van der Waals surface area contributed by atoms with E-state index in [0.717, 1.165) is 17.3 Å². The molecule has 1 rings (SSSR count). The van der Waals surface area contributed by atoms with Crippen molar-refractivity contribution in [1.29, 1.82) is 0 Å². The van der Waals surface area contributed by atoms with Crippen LogP contribution < -0.4 is 11.5 Å². The molecule has 0 bridgehead atoms. The number of benzene rings is 1. The number of amides is 2. The standard InChI is InChI=1S/C13H18BrN3O2/c1-2-3-6-17(8-12(16)18)13(19)10-5-4-9(14)7-11(10)15/h4-5,7H,2-3,6,8,15H2,1H3,(H2,16,18). The van der Waals surface area contributed by atoms with Gasteiger partial charge < -0.3 is 16.4 Å². The van der Waals surface area contributed by atoms with E-state index in [1.807, 2.05) is 6.92 Å². The lowest BCUT2D eigenvalue weighted by Crippen LogP contribution is -2.39. The van der Waals surface area contributed by atoms with Crippen molar-refractivity contribution in [1.82, 2.24) is 4.90 Å². The van der Waals surface area contributed by atoms with Crippen LogP contribution in [0.15, 0.2) is 22.7 Å². The average molecular weight is 328 g/mol. The predicted octanol–water partition coefficient (Wildman–Crippen LogP) is 1.76. The van der Waals surface area contributed by atoms with Crippen molar-refractivity contribution in [3.05, 3.63) is 28.2 Å². The van der Waals surface area contributed by atoms with Crippen LogP contribution >= 0.6 is 15.9 Å². The van der Waals surface area contributed by atoms with Crippen LogP contribution in [-0.4, -0.2) is 29.8 Å². The van der Waals surface area contributed by atoms with Gasteiger partial charge in [0.05, 0.1) is 12.1 Å². The van der Waals surface area contributed by atoms with Gasteiger partial charge in [0.15, 0.2) is 0 Å². The summed E-state index contributed by atoms with van der Waals surface area (Å²) in [4.78, 5) is 24.8. The number of nitrogen functional groups attached to an aromatic ring is 1. The number of primary amides is 1. The van der Waals surface area contributed by atoms with Crippen LogP contribution in [-0.2, 0) is 4.79 Å². The SMILES string of the molecule is CCCCN(CC(N)=O)C(=O)c1ccc(Br)cc1N. The normalized spacial score (nSPS) is 10.2. The van der Waals surface area contributed by atoms with Gasteiger partial charge in [0.25, 0.3) is 5.91 Å². The topological polar surface area (TPSA) is 89.4 Å². The third kappa shape index (κ3) is 4.55. The summed E-state index contributed by atoms with van der Waals surface area (Å²) in [6, 6.07) is 5.04. The number of carbonyl (C=O) groups excluding carboxylic acids is 2. The first kappa shape index (κ1) is 15.5. The van der Waals surface area contributed by atoms with E-state index >= 15 is 0 Å². The fourth-order valence-corrected chi connectivity index (χ4v) is 2.07. The molecule has 0 saturated heterocycles. The molecule has 0 fully saturated rings. The molecule has 4 N–H and O–H groups in total. The van der Waals surface area contributed by atoms with Crippen molar-refractivity contribution in [3.63, 3.8) is 0 Å². The summed E-state index contributed by atoms with van der Waals surface area (Å²) in [6.07, 6.45) is 1.74. The van der Waals surface area contributed by atoms with Crippen molar-refractivity contribution < 1.29 is 9.59 Å². The Labute approximate surface area is 121 Å². The van der Waals surface area contributed by atoms with Gasteiger partial charge in [0, 0.05) is 16.7 Å². The molecule has 0 saturated carbocycles. The Morgan fingerprint density at radius 1 is 1.37 bits per heavy atom. The zero-order valence-electron chi connectivity index (χ0n) is 10.9. The van der Waals surface area contributed by atoms with Crippen LogP contribution in [0.25, 0.3) is 0 Å². The average Bonchev–Trinajstić information content (AvgIpc) is 2.33. The maximum Gasteiger partial charge on any atom is 0.256 e. The summed E-state index contributed by atoms with van der Waals surface area (Å²) in [6.45, 7) is 2.42. The lowest BCUT2D eigenvalue weighted by atomic mass is 10.1. The molecule has 0 aliphatic heterocycles. The minimum absolute atomic E-state index is 0.0890. The van der Waals surface area contributed by atoms with Crippen LogP contribution in [0.4, 0.5) is 5.69 Å². The molecule has 1 aromatic rings. The minimum Gasteiger partial charge on any atom is -0.398 e. The summed E-state index contributed by atoms with van der Waals surface area (Å²) < 4.78 is 0.802. The molecule has 5 nitrogen and oxygen atoms in total. The largest absolute Gasteiger partial charge is 0.398 e. The Kier molecular flexibility index (Phi) is 5.82. The molecule has 2 amide bonds. The number of halogens is 1. The highest BCUT2D eigenvalue weighted by Crippen LogP contribution is 2.20. The van der Waals surface area contributed by atoms with Crippen LogP contribution in [0.5, 0.6) is 0 Å². The molecular formula is C13H18BrN3O2. The molecule has 104 valence electrons. The van der Waals surface area contributed by atoms with Gasteiger partial charge in [-0.1, -0.05) is 29.3 Å². The van der Waals surface area contributed by atoms with Gasteiger partial charge in [-0.25, -0.2) is 0 Å². The zero-order valence-corrected chi connectivity index (χ0v) is 12.4. The van der Waals surface area contributed by atoms with E-state index in [2.05, 4.69) is 15.9 Å². The summed E-state index contributed by atoms with van der Waals surface area (Å²) in [5.74, 6) is -0.794. The lowest BCUT2D eigenvalue weighted by Gasteiger charge is -2.21. The van der Waals surface area contributed by atoms with Crippen molar-refractivity contribution in [2.45, 2.75) is 19.8 Å². The van der Waals surface area contributed by atoms with E-state index in [1.54, 1.807) is 18.2 Å². The second-order valence-electron chi connectivity index (χ2n) is 4.28. The second-order valence-corrected chi connectivity index (χ2v) is 5.19. The van der Waals surface area contributed by atoms with Gasteiger partial charge in [0.1, 0.15) is 0 Å². The van der Waals surface area contributed by atoms with Crippen molar-refractivity contribution in [3.8, 4) is 0 Å². The van der Waals surface area contributed by atoms with E-state index in [-0.39, 0.29) is 12.5 Å². The highest BCUT2D eigenvalue weighted by Gasteiger charge is 2.19. The molecule has 0 aliphatic carbocycles. The monoisotopic (exact) mass is 327 g/mol. The number of hydrogen-bond acceptors (Lipinski definition) is 3. The fourth-order valence-electron chi connectivity index (χ4n) is 1.69. The number of nitrogens with zero attached hydrogens (tertiary/aromatic N) is 1. The molecular weight excluding hydrogens is 310 g/mol. The summed E-state index contributed by atoms with van der Waals surface area (Å²) in [5.41, 5.74) is 11.8. The van der Waals surface area contributed by atoms with Crippen LogP contribution in [0.1, 0.15) is 30.1 Å². The fraction of sp³-hybridized carbons (Fsp3) is 0.385. The van der Waals surface area contributed by atoms with E-state index in [1.165, 1.54) is 4.90 Å². The lowest BCUT2D eigenvalue weighted by molar-refractivity contribution is -0.118. The van der Waals surface area contributed by atoms with Gasteiger partial charge >= 0.3 is 0 Å². The summed E-state index contributed by atoms with van der Waals surface area (Å²) >= 11 is 3.29. The molecule has 0 spiro atoms. The van der Waals surface area contributed by atoms with Crippen LogP contribution in [0.2, 0.25) is 0 Å². The van der Waals surface area contributed by atoms with Crippen LogP contribution in [0, 0.1) is 0 Å². The Hall–Kier alpha value is -1.56. The van der Waals surface area contributed by atoms with E-state index < -0.39 is 5.91 Å². The minimum atomic E-state index is -0.528. The molecule has 19 heavy (non-hydrogen) atoms. The van der Waals surface area contributed by atoms with Crippen molar-refractivity contribution in [2.24, 2.45) is 5.73 Å². The molecule has 0 unspecified atom stereocenters. The second kappa shape index (κ2) is 7.13. The highest BCUT2D eigenvalue weighted by molar-refractivity contribution is 9.10. The summed E-state index contributed by atoms with van der Waals surface area (Å²) in [5, 5.41) is 0. The molecule has 0 atom stereocenters. The third-order valence-corrected chi connectivity index (χ3v) is 3.15. The quantitative estimate of drug-likeness (QED) is 0.780. The van der Waals surface area contributed by atoms with Gasteiger partial charge in [-0.05, 0) is 24.6 Å². The number of anilines is 1. The first-order chi connectivity index (χ1) is 8.95. The van der Waals surface area contributed by atoms with Crippen LogP contribution in [0.3, 0.4) is 0 Å². The van der Waals surface area contributed by atoms with Gasteiger partial charge in [-0.3, -0.25) is 9.59 Å². The van der Waals surface area contributed by atoms with E-state index in [9.17, 15) is 9.59 Å². The Bertz CT molecular complexity index is 477. The molecule has 6 heteroatoms. The first-order valence-electron chi connectivity index (χ1n) is 6.08. The van der Waals surface area contributed by atoms with Crippen molar-refractivity contribution in [2.75, 3.05) is 18.8 Å². The Balaban J connectivity index is 2.93. The third-order valence-electron chi connectivity index (χ3n) is 2.66. The predicted molar refractivity (Wildman–Crippen MR) is 78.6 cm³/mol. The number of nitrogens with two attached hydrogens (primary N) is 2. The van der Waals surface area contributed by atoms with Gasteiger partial charge in [-0.15, -0.1) is 0 Å². The maximum atomic E-state index is 12.3. The number of rotatable bonds is 6. The number of unbranched alkanes of at least 4 members (excludes halogenated alkanes) is 1. The highest BCUT2D eigenvalue weighted by atomic mass is 79.9. The maximum absolute atomic E-state index is 12.3. The zero-order chi connectivity index (χ0) is 14.4. The number of carbonyl (C=O) groups is 2. The molecule has 0 aromatic heterocycles. The molecule has 0 heterocycles. The Morgan fingerprint density at radius 2 is 2.05 bits per heavy atom. The van der Waals surface area contributed by atoms with Crippen molar-refractivity contribution >= 4 is 33.4 Å². The first-order valence-corrected chi connectivity index (χ1v) is 6.87. The van der Waals surface area contributed by atoms with Gasteiger partial charge in [-0.2, -0.15) is 0 Å². The smallest absolute Gasteiger partial charge is 0.256 e. The van der Waals surface area contributed by atoms with E-state index in [4.69, 9.17) is 11.5 Å². The van der Waals surface area contributed by atoms with Gasteiger partial charge in [0.2, 0.25) is 5.91 Å².